The number of benzene rings is 1. The van der Waals surface area contributed by atoms with E-state index in [1.165, 1.54) is 30.3 Å². The fourth-order valence-corrected chi connectivity index (χ4v) is 2.02. The van der Waals surface area contributed by atoms with Crippen LogP contribution in [0.3, 0.4) is 0 Å². The first-order valence-corrected chi connectivity index (χ1v) is 7.23. The maximum Gasteiger partial charge on any atom is 0.326 e. The number of carbonyl (C=O) groups excluding carboxylic acids is 2. The number of rotatable bonds is 5. The van der Waals surface area contributed by atoms with Crippen molar-refractivity contribution in [3.8, 4) is 0 Å². The Kier molecular flexibility index (Phi) is 5.32. The van der Waals surface area contributed by atoms with Crippen molar-refractivity contribution >= 4 is 27.8 Å². The summed E-state index contributed by atoms with van der Waals surface area (Å²) < 4.78 is 23.4. The van der Waals surface area contributed by atoms with Gasteiger partial charge in [-0.25, -0.2) is 4.39 Å². The molecule has 0 saturated heterocycles. The molecule has 116 valence electrons. The van der Waals surface area contributed by atoms with Crippen LogP contribution in [0.25, 0.3) is 0 Å². The molecule has 0 aliphatic heterocycles. The summed E-state index contributed by atoms with van der Waals surface area (Å²) in [5.74, 6) is -1.39. The first-order chi connectivity index (χ1) is 10.5. The van der Waals surface area contributed by atoms with Crippen LogP contribution in [0.4, 0.5) is 4.39 Å². The molecule has 1 heterocycles. The molecule has 1 atom stereocenters. The Bertz CT molecular complexity index is 668. The quantitative estimate of drug-likeness (QED) is 0.821. The molecule has 0 aliphatic carbocycles. The Morgan fingerprint density at radius 1 is 1.27 bits per heavy atom. The summed E-state index contributed by atoms with van der Waals surface area (Å²) in [6.07, 6.45) is -0.539. The smallest absolute Gasteiger partial charge is 0.326 e. The van der Waals surface area contributed by atoms with Gasteiger partial charge in [-0.3, -0.25) is 9.59 Å². The Morgan fingerprint density at radius 3 is 2.55 bits per heavy atom. The second-order valence-corrected chi connectivity index (χ2v) is 5.25. The van der Waals surface area contributed by atoms with E-state index in [1.807, 2.05) is 0 Å². The molecule has 22 heavy (non-hydrogen) atoms. The highest BCUT2D eigenvalue weighted by atomic mass is 79.9. The number of furan rings is 1. The van der Waals surface area contributed by atoms with Gasteiger partial charge in [0.1, 0.15) is 18.5 Å². The van der Waals surface area contributed by atoms with E-state index in [0.29, 0.717) is 10.2 Å². The van der Waals surface area contributed by atoms with E-state index in [0.717, 1.165) is 0 Å². The van der Waals surface area contributed by atoms with Crippen LogP contribution in [0.2, 0.25) is 0 Å². The zero-order valence-corrected chi connectivity index (χ0v) is 13.2. The van der Waals surface area contributed by atoms with Crippen LogP contribution >= 0.6 is 15.9 Å². The molecule has 5 nitrogen and oxygen atoms in total. The summed E-state index contributed by atoms with van der Waals surface area (Å²) in [5.41, 5.74) is 0.663. The number of hydrogen-bond donors (Lipinski definition) is 1. The lowest BCUT2D eigenvalue weighted by atomic mass is 10.1. The van der Waals surface area contributed by atoms with Crippen molar-refractivity contribution in [3.63, 3.8) is 0 Å². The van der Waals surface area contributed by atoms with E-state index in [-0.39, 0.29) is 18.1 Å². The molecule has 7 heteroatoms. The zero-order valence-electron chi connectivity index (χ0n) is 11.6. The summed E-state index contributed by atoms with van der Waals surface area (Å²) in [4.78, 5) is 23.4. The average molecular weight is 370 g/mol. The molecule has 1 N–H and O–H groups in total. The predicted molar refractivity (Wildman–Crippen MR) is 79.6 cm³/mol. The Hall–Kier alpha value is -2.15. The Balaban J connectivity index is 1.82. The molecule has 1 amide bonds. The van der Waals surface area contributed by atoms with Gasteiger partial charge in [-0.05, 0) is 52.7 Å². The van der Waals surface area contributed by atoms with Crippen molar-refractivity contribution in [2.45, 2.75) is 13.0 Å². The van der Waals surface area contributed by atoms with E-state index in [2.05, 4.69) is 21.2 Å². The third-order valence-electron chi connectivity index (χ3n) is 2.84. The number of hydrogen-bond acceptors (Lipinski definition) is 4. The second-order valence-electron chi connectivity index (χ2n) is 4.47. The van der Waals surface area contributed by atoms with Gasteiger partial charge in [-0.2, -0.15) is 0 Å². The second kappa shape index (κ2) is 7.22. The maximum absolute atomic E-state index is 12.8. The summed E-state index contributed by atoms with van der Waals surface area (Å²) >= 11 is 3.08. The van der Waals surface area contributed by atoms with Gasteiger partial charge in [0.05, 0.1) is 0 Å². The van der Waals surface area contributed by atoms with Gasteiger partial charge < -0.3 is 14.5 Å². The van der Waals surface area contributed by atoms with Gasteiger partial charge in [0, 0.05) is 0 Å². The van der Waals surface area contributed by atoms with Gasteiger partial charge >= 0.3 is 5.97 Å². The van der Waals surface area contributed by atoms with E-state index in [4.69, 9.17) is 9.15 Å². The fraction of sp³-hybridized carbons (Fsp3) is 0.200. The lowest BCUT2D eigenvalue weighted by Gasteiger charge is -2.13. The zero-order chi connectivity index (χ0) is 16.1. The lowest BCUT2D eigenvalue weighted by molar-refractivity contribution is -0.147. The minimum absolute atomic E-state index is 0.0891. The van der Waals surface area contributed by atoms with Crippen LogP contribution < -0.4 is 5.32 Å². The van der Waals surface area contributed by atoms with Gasteiger partial charge in [0.25, 0.3) is 5.91 Å². The maximum atomic E-state index is 12.8. The number of esters is 1. The summed E-state index contributed by atoms with van der Waals surface area (Å²) in [6, 6.07) is 8.70. The van der Waals surface area contributed by atoms with Crippen molar-refractivity contribution < 1.29 is 23.1 Å². The number of nitrogens with one attached hydrogen (secondary N) is 1. The van der Waals surface area contributed by atoms with Crippen molar-refractivity contribution in [3.05, 3.63) is 58.2 Å². The fourth-order valence-electron chi connectivity index (χ4n) is 1.72. The van der Waals surface area contributed by atoms with Gasteiger partial charge in [-0.1, -0.05) is 12.1 Å². The molecule has 0 spiro atoms. The molecule has 0 radical (unpaired) electrons. The van der Waals surface area contributed by atoms with Crippen LogP contribution in [0.15, 0.2) is 45.5 Å². The molecule has 0 bridgehead atoms. The largest absolute Gasteiger partial charge is 0.456 e. The van der Waals surface area contributed by atoms with Gasteiger partial charge in [-0.15, -0.1) is 0 Å². The third kappa shape index (κ3) is 4.42. The van der Waals surface area contributed by atoms with Crippen LogP contribution in [-0.2, 0) is 9.53 Å². The molecule has 0 unspecified atom stereocenters. The van der Waals surface area contributed by atoms with Crippen molar-refractivity contribution in [1.29, 1.82) is 0 Å². The predicted octanol–water partition coefficient (Wildman–Crippen LogP) is 3.22. The monoisotopic (exact) mass is 369 g/mol. The van der Waals surface area contributed by atoms with Gasteiger partial charge in [0.15, 0.2) is 10.4 Å². The highest BCUT2D eigenvalue weighted by Crippen LogP contribution is 2.17. The first kappa shape index (κ1) is 16.2. The summed E-state index contributed by atoms with van der Waals surface area (Å²) in [5, 5.41) is 2.39. The van der Waals surface area contributed by atoms with Crippen molar-refractivity contribution in [2.75, 3.05) is 6.54 Å². The Morgan fingerprint density at radius 2 is 1.95 bits per heavy atom. The number of carbonyl (C=O) groups is 2. The van der Waals surface area contributed by atoms with Crippen LogP contribution in [0, 0.1) is 5.82 Å². The van der Waals surface area contributed by atoms with E-state index in [1.54, 1.807) is 13.0 Å². The SMILES string of the molecule is C[C@H](OC(=O)CNC(=O)c1ccc(Br)o1)c1ccc(F)cc1. The highest BCUT2D eigenvalue weighted by molar-refractivity contribution is 9.10. The molecule has 1 aromatic carbocycles. The standard InChI is InChI=1S/C15H13BrFNO4/c1-9(10-2-4-11(17)5-3-10)21-14(19)8-18-15(20)12-6-7-13(16)22-12/h2-7,9H,8H2,1H3,(H,18,20)/t9-/m0/s1. The van der Waals surface area contributed by atoms with Crippen LogP contribution in [-0.4, -0.2) is 18.4 Å². The molecule has 0 fully saturated rings. The molecule has 0 aliphatic rings. The first-order valence-electron chi connectivity index (χ1n) is 6.44. The van der Waals surface area contributed by atoms with Crippen molar-refractivity contribution in [2.24, 2.45) is 0 Å². The van der Waals surface area contributed by atoms with E-state index in [9.17, 15) is 14.0 Å². The number of halogens is 2. The number of ether oxygens (including phenoxy) is 1. The third-order valence-corrected chi connectivity index (χ3v) is 3.26. The molecule has 2 aromatic rings. The molecular weight excluding hydrogens is 357 g/mol. The average Bonchev–Trinajstić information content (AvgIpc) is 2.92. The van der Waals surface area contributed by atoms with Crippen LogP contribution in [0.1, 0.15) is 29.1 Å². The minimum Gasteiger partial charge on any atom is -0.456 e. The molecular formula is C15H13BrFNO4. The van der Waals surface area contributed by atoms with E-state index < -0.39 is 18.0 Å². The van der Waals surface area contributed by atoms with E-state index >= 15 is 0 Å². The normalized spacial score (nSPS) is 11.8. The summed E-state index contributed by atoms with van der Waals surface area (Å²) in [6.45, 7) is 1.37. The topological polar surface area (TPSA) is 68.5 Å². The number of amides is 1. The minimum atomic E-state index is -0.601. The molecule has 2 rings (SSSR count). The van der Waals surface area contributed by atoms with Crippen molar-refractivity contribution in [1.82, 2.24) is 5.32 Å². The molecule has 1 aromatic heterocycles. The Labute approximate surface area is 134 Å². The van der Waals surface area contributed by atoms with Gasteiger partial charge in [0.2, 0.25) is 0 Å². The lowest BCUT2D eigenvalue weighted by Crippen LogP contribution is -2.30. The summed E-state index contributed by atoms with van der Waals surface area (Å²) in [7, 11) is 0. The highest BCUT2D eigenvalue weighted by Gasteiger charge is 2.15. The molecule has 0 saturated carbocycles. The van der Waals surface area contributed by atoms with Crippen LogP contribution in [0.5, 0.6) is 0 Å².